The maximum absolute atomic E-state index is 5.01. The summed E-state index contributed by atoms with van der Waals surface area (Å²) in [4.78, 5) is 6.45. The standard InChI is InChI=1S/C22H25NS/c1-14(2)17-10-11-18-20-19(12-15(3)22(18,4)13-17)23-21(24-20)16-8-6-5-7-9-16/h5-9,11,15,17H,1,10,12-13H2,2-4H3/t15-,17-,22+/m1/s1. The predicted molar refractivity (Wildman–Crippen MR) is 104 cm³/mol. The molecule has 4 rings (SSSR count). The molecule has 0 fully saturated rings. The summed E-state index contributed by atoms with van der Waals surface area (Å²) in [5, 5.41) is 1.17. The number of fused-ring (bicyclic) bond motifs is 3. The van der Waals surface area contributed by atoms with Crippen LogP contribution in [0, 0.1) is 17.3 Å². The molecule has 124 valence electrons. The fourth-order valence-electron chi connectivity index (χ4n) is 4.31. The molecule has 0 saturated heterocycles. The van der Waals surface area contributed by atoms with Gasteiger partial charge in [0.1, 0.15) is 5.01 Å². The van der Waals surface area contributed by atoms with Crippen molar-refractivity contribution in [2.24, 2.45) is 17.3 Å². The molecule has 0 saturated carbocycles. The van der Waals surface area contributed by atoms with Crippen LogP contribution in [-0.2, 0) is 6.42 Å². The first-order valence-corrected chi connectivity index (χ1v) is 9.72. The molecule has 1 heterocycles. The van der Waals surface area contributed by atoms with Gasteiger partial charge in [-0.05, 0) is 49.0 Å². The zero-order valence-electron chi connectivity index (χ0n) is 14.8. The minimum absolute atomic E-state index is 0.259. The van der Waals surface area contributed by atoms with Crippen molar-refractivity contribution in [3.05, 3.63) is 59.1 Å². The Morgan fingerprint density at radius 1 is 1.29 bits per heavy atom. The summed E-state index contributed by atoms with van der Waals surface area (Å²) >= 11 is 1.88. The van der Waals surface area contributed by atoms with Crippen molar-refractivity contribution >= 4 is 16.9 Å². The van der Waals surface area contributed by atoms with E-state index in [2.05, 4.69) is 63.8 Å². The molecule has 2 heteroatoms. The van der Waals surface area contributed by atoms with Crippen LogP contribution in [0.5, 0.6) is 0 Å². The van der Waals surface area contributed by atoms with Gasteiger partial charge in [0.25, 0.3) is 0 Å². The van der Waals surface area contributed by atoms with E-state index in [4.69, 9.17) is 4.98 Å². The normalized spacial score (nSPS) is 28.7. The maximum atomic E-state index is 5.01. The second kappa shape index (κ2) is 5.70. The molecule has 3 atom stereocenters. The number of thiazole rings is 1. The summed E-state index contributed by atoms with van der Waals surface area (Å²) in [6.07, 6.45) is 5.94. The molecular weight excluding hydrogens is 310 g/mol. The monoisotopic (exact) mass is 335 g/mol. The fraction of sp³-hybridized carbons (Fsp3) is 0.409. The molecule has 0 unspecified atom stereocenters. The molecule has 2 aliphatic rings. The van der Waals surface area contributed by atoms with E-state index in [1.807, 2.05) is 11.3 Å². The van der Waals surface area contributed by atoms with Gasteiger partial charge in [0.15, 0.2) is 0 Å². The maximum Gasteiger partial charge on any atom is 0.124 e. The minimum Gasteiger partial charge on any atom is -0.240 e. The van der Waals surface area contributed by atoms with Crippen LogP contribution < -0.4 is 0 Å². The average molecular weight is 336 g/mol. The number of nitrogens with zero attached hydrogens (tertiary/aromatic N) is 1. The van der Waals surface area contributed by atoms with Crippen LogP contribution >= 0.6 is 11.3 Å². The first-order chi connectivity index (χ1) is 11.5. The van der Waals surface area contributed by atoms with E-state index in [-0.39, 0.29) is 5.41 Å². The van der Waals surface area contributed by atoms with Crippen LogP contribution in [0.2, 0.25) is 0 Å². The van der Waals surface area contributed by atoms with E-state index in [9.17, 15) is 0 Å². The van der Waals surface area contributed by atoms with Crippen molar-refractivity contribution < 1.29 is 0 Å². The van der Waals surface area contributed by atoms with E-state index in [0.717, 1.165) is 12.8 Å². The Labute approximate surface area is 149 Å². The van der Waals surface area contributed by atoms with Gasteiger partial charge < -0.3 is 0 Å². The minimum atomic E-state index is 0.259. The lowest BCUT2D eigenvalue weighted by Gasteiger charge is -2.46. The van der Waals surface area contributed by atoms with Crippen LogP contribution in [0.3, 0.4) is 0 Å². The summed E-state index contributed by atoms with van der Waals surface area (Å²) in [5.74, 6) is 1.26. The first-order valence-electron chi connectivity index (χ1n) is 8.90. The van der Waals surface area contributed by atoms with Gasteiger partial charge in [-0.15, -0.1) is 11.3 Å². The lowest BCUT2D eigenvalue weighted by Crippen LogP contribution is -2.36. The van der Waals surface area contributed by atoms with Crippen LogP contribution in [0.4, 0.5) is 0 Å². The molecule has 1 aromatic heterocycles. The molecule has 1 aromatic carbocycles. The van der Waals surface area contributed by atoms with E-state index >= 15 is 0 Å². The van der Waals surface area contributed by atoms with Gasteiger partial charge in [-0.1, -0.05) is 62.4 Å². The lowest BCUT2D eigenvalue weighted by atomic mass is 9.59. The molecule has 0 radical (unpaired) electrons. The molecule has 2 aromatic rings. The van der Waals surface area contributed by atoms with Gasteiger partial charge in [-0.2, -0.15) is 0 Å². The highest BCUT2D eigenvalue weighted by molar-refractivity contribution is 7.16. The highest BCUT2D eigenvalue weighted by Gasteiger charge is 2.45. The first kappa shape index (κ1) is 15.8. The molecule has 0 amide bonds. The third kappa shape index (κ3) is 2.39. The quantitative estimate of drug-likeness (QED) is 0.580. The fourth-order valence-corrected chi connectivity index (χ4v) is 5.59. The molecule has 24 heavy (non-hydrogen) atoms. The smallest absolute Gasteiger partial charge is 0.124 e. The lowest BCUT2D eigenvalue weighted by molar-refractivity contribution is 0.217. The van der Waals surface area contributed by atoms with E-state index in [1.54, 1.807) is 5.57 Å². The van der Waals surface area contributed by atoms with Crippen molar-refractivity contribution in [1.82, 2.24) is 4.98 Å². The number of hydrogen-bond donors (Lipinski definition) is 0. The Kier molecular flexibility index (Phi) is 3.76. The van der Waals surface area contributed by atoms with Gasteiger partial charge in [0, 0.05) is 5.56 Å². The van der Waals surface area contributed by atoms with Crippen molar-refractivity contribution in [2.45, 2.75) is 40.0 Å². The second-order valence-corrected chi connectivity index (χ2v) is 8.78. The van der Waals surface area contributed by atoms with E-state index in [0.29, 0.717) is 11.8 Å². The summed E-state index contributed by atoms with van der Waals surface area (Å²) in [6, 6.07) is 10.6. The third-order valence-corrected chi connectivity index (χ3v) is 7.32. The number of rotatable bonds is 2. The third-order valence-electron chi connectivity index (χ3n) is 6.14. The molecule has 0 bridgehead atoms. The van der Waals surface area contributed by atoms with Crippen molar-refractivity contribution in [3.63, 3.8) is 0 Å². The summed E-state index contributed by atoms with van der Waals surface area (Å²) in [7, 11) is 0. The molecule has 1 nitrogen and oxygen atoms in total. The van der Waals surface area contributed by atoms with E-state index in [1.165, 1.54) is 33.1 Å². The Morgan fingerprint density at radius 3 is 2.75 bits per heavy atom. The summed E-state index contributed by atoms with van der Waals surface area (Å²) < 4.78 is 0. The van der Waals surface area contributed by atoms with Gasteiger partial charge in [-0.25, -0.2) is 4.98 Å². The van der Waals surface area contributed by atoms with Gasteiger partial charge in [0.05, 0.1) is 10.6 Å². The van der Waals surface area contributed by atoms with Crippen molar-refractivity contribution in [2.75, 3.05) is 0 Å². The van der Waals surface area contributed by atoms with Gasteiger partial charge in [-0.3, -0.25) is 0 Å². The topological polar surface area (TPSA) is 12.9 Å². The number of aromatic nitrogens is 1. The Morgan fingerprint density at radius 2 is 2.04 bits per heavy atom. The molecule has 0 N–H and O–H groups in total. The SMILES string of the molecule is C=C(C)[C@@H]1CC=C2c3sc(-c4ccccc4)nc3C[C@@H](C)[C@]2(C)C1. The van der Waals surface area contributed by atoms with Crippen LogP contribution in [0.25, 0.3) is 16.1 Å². The average Bonchev–Trinajstić information content (AvgIpc) is 2.99. The highest BCUT2D eigenvalue weighted by atomic mass is 32.1. The molecule has 0 spiro atoms. The zero-order chi connectivity index (χ0) is 16.9. The summed E-state index contributed by atoms with van der Waals surface area (Å²) in [6.45, 7) is 11.3. The largest absolute Gasteiger partial charge is 0.240 e. The summed E-state index contributed by atoms with van der Waals surface area (Å²) in [5.41, 5.74) is 5.69. The molecule has 2 aliphatic carbocycles. The van der Waals surface area contributed by atoms with Crippen molar-refractivity contribution in [1.29, 1.82) is 0 Å². The van der Waals surface area contributed by atoms with Crippen molar-refractivity contribution in [3.8, 4) is 10.6 Å². The Bertz CT molecular complexity index is 814. The zero-order valence-corrected chi connectivity index (χ0v) is 15.6. The highest BCUT2D eigenvalue weighted by Crippen LogP contribution is 2.57. The molecule has 0 aliphatic heterocycles. The Hall–Kier alpha value is -1.67. The number of allylic oxidation sites excluding steroid dienone is 3. The van der Waals surface area contributed by atoms with Crippen LogP contribution in [0.1, 0.15) is 44.2 Å². The van der Waals surface area contributed by atoms with Gasteiger partial charge in [0.2, 0.25) is 0 Å². The molecular formula is C22H25NS. The number of hydrogen-bond acceptors (Lipinski definition) is 2. The van der Waals surface area contributed by atoms with E-state index < -0.39 is 0 Å². The van der Waals surface area contributed by atoms with Crippen LogP contribution in [-0.4, -0.2) is 4.98 Å². The predicted octanol–water partition coefficient (Wildman–Crippen LogP) is 6.38. The Balaban J connectivity index is 1.80. The van der Waals surface area contributed by atoms with Crippen LogP contribution in [0.15, 0.2) is 48.6 Å². The second-order valence-electron chi connectivity index (χ2n) is 7.78. The number of benzene rings is 1. The van der Waals surface area contributed by atoms with Gasteiger partial charge >= 0.3 is 0 Å².